The van der Waals surface area contributed by atoms with Gasteiger partial charge in [-0.05, 0) is 258 Å². The van der Waals surface area contributed by atoms with Gasteiger partial charge in [0.05, 0.1) is 25.1 Å². The van der Waals surface area contributed by atoms with Crippen LogP contribution in [0.1, 0.15) is 211 Å². The number of amides is 5. The molecule has 6 aliphatic rings. The first-order valence-electron chi connectivity index (χ1n) is 42.6. The van der Waals surface area contributed by atoms with Gasteiger partial charge in [0.15, 0.2) is 0 Å². The summed E-state index contributed by atoms with van der Waals surface area (Å²) in [5, 5.41) is 17.4. The molecular weight excluding hydrogens is 1660 g/mol. The monoisotopic (exact) mass is 1780 g/mol. The topological polar surface area (TPSA) is 253 Å². The van der Waals surface area contributed by atoms with Crippen LogP contribution in [0.25, 0.3) is 0 Å². The Morgan fingerprint density at radius 2 is 0.884 bits per heavy atom. The fourth-order valence-corrected chi connectivity index (χ4v) is 17.2. The van der Waals surface area contributed by atoms with Crippen LogP contribution in [-0.2, 0) is 80.0 Å². The molecule has 5 amide bonds. The lowest BCUT2D eigenvalue weighted by Crippen LogP contribution is -2.60. The number of rotatable bonds is 31. The van der Waals surface area contributed by atoms with Crippen molar-refractivity contribution in [2.45, 2.75) is 269 Å². The normalized spacial score (nSPS) is 19.6. The summed E-state index contributed by atoms with van der Waals surface area (Å²) < 4.78 is 67.0. The number of likely N-dealkylation sites (tertiary alicyclic amines) is 3. The van der Waals surface area contributed by atoms with Crippen LogP contribution in [0.5, 0.6) is 0 Å². The largest absolute Gasteiger partial charge is 0.349 e. The van der Waals surface area contributed by atoms with Crippen LogP contribution in [0.4, 0.5) is 22.0 Å². The molecule has 1 spiro atoms. The molecular formula is C92H119Cl5F5N9O10. The zero-order valence-corrected chi connectivity index (χ0v) is 74.2. The predicted molar refractivity (Wildman–Crippen MR) is 466 cm³/mol. The first kappa shape index (κ1) is 101. The Kier molecular flexibility index (Phi) is 42.4. The number of benzene rings is 5. The van der Waals surface area contributed by atoms with E-state index in [-0.39, 0.29) is 80.9 Å². The summed E-state index contributed by atoms with van der Waals surface area (Å²) in [6.45, 7) is 21.8. The third-order valence-electron chi connectivity index (χ3n) is 23.6. The van der Waals surface area contributed by atoms with E-state index >= 15 is 0 Å². The molecule has 29 heteroatoms. The average Bonchev–Trinajstić information content (AvgIpc) is 0.792. The van der Waals surface area contributed by atoms with Gasteiger partial charge in [-0.1, -0.05) is 133 Å². The van der Waals surface area contributed by atoms with Crippen molar-refractivity contribution >= 4 is 116 Å². The van der Waals surface area contributed by atoms with Gasteiger partial charge in [0.25, 0.3) is 29.5 Å². The summed E-state index contributed by atoms with van der Waals surface area (Å²) in [6, 6.07) is 23.3. The van der Waals surface area contributed by atoms with Crippen LogP contribution < -0.4 is 31.9 Å². The summed E-state index contributed by atoms with van der Waals surface area (Å²) in [5.41, 5.74) is 2.39. The van der Waals surface area contributed by atoms with Gasteiger partial charge < -0.3 is 31.9 Å². The number of piperidine rings is 4. The second-order valence-electron chi connectivity index (χ2n) is 33.1. The number of hydrogen-bond acceptors (Lipinski definition) is 14. The van der Waals surface area contributed by atoms with Crippen LogP contribution in [0.2, 0.25) is 25.1 Å². The molecule has 19 nitrogen and oxygen atoms in total. The Balaban J connectivity index is 0.000000208. The number of carbonyl (C=O) groups is 10. The number of nitrogens with one attached hydrogen (secondary N) is 6. The van der Waals surface area contributed by atoms with E-state index in [9.17, 15) is 69.9 Å². The van der Waals surface area contributed by atoms with Gasteiger partial charge in [-0.2, -0.15) is 0 Å². The SMILES string of the molecule is C=CCCC(NC(=O)C(=O)Cc1ccc(Cl)c(F)c1)C1CCCCC1.CC(C)N1CCCCC1CCNC(=O)C(=O)Cc1ccc(Cl)c(F)c1.CC1CCCC(C)N1CCNC(=O)C(=O)Cc1ccc(Cl)c(F)c1.CC1CCCCN1C(C)CNC(=O)C(=O)Cc1ccc(Cl)c(F)c1.O=C(Cc1ccc(Cl)c(F)c1)C(=O)NC1CCNC2(CCC2)C1. The molecule has 2 aliphatic carbocycles. The molecule has 0 bridgehead atoms. The lowest BCUT2D eigenvalue weighted by atomic mass is 9.70. The quantitative estimate of drug-likeness (QED) is 0.0137. The Morgan fingerprint density at radius 3 is 1.31 bits per heavy atom. The first-order valence-corrected chi connectivity index (χ1v) is 44.5. The van der Waals surface area contributed by atoms with E-state index in [1.165, 1.54) is 138 Å². The van der Waals surface area contributed by atoms with Crippen LogP contribution >= 0.6 is 58.0 Å². The summed E-state index contributed by atoms with van der Waals surface area (Å²) in [6.07, 6.45) is 25.3. The van der Waals surface area contributed by atoms with Gasteiger partial charge >= 0.3 is 0 Å². The smallest absolute Gasteiger partial charge is 0.287 e. The van der Waals surface area contributed by atoms with E-state index in [1.54, 1.807) is 30.3 Å². The van der Waals surface area contributed by atoms with E-state index in [1.807, 2.05) is 6.08 Å². The summed E-state index contributed by atoms with van der Waals surface area (Å²) in [4.78, 5) is 128. The highest BCUT2D eigenvalue weighted by molar-refractivity contribution is 6.39. The molecule has 11 rings (SSSR count). The number of hydrogen-bond donors (Lipinski definition) is 6. The Labute approximate surface area is 734 Å². The molecule has 662 valence electrons. The zero-order chi connectivity index (χ0) is 88.5. The average molecular weight is 1780 g/mol. The van der Waals surface area contributed by atoms with Gasteiger partial charge in [0, 0.05) is 112 Å². The number of halogens is 10. The van der Waals surface area contributed by atoms with E-state index in [2.05, 4.69) is 94.7 Å². The molecule has 5 aromatic carbocycles. The van der Waals surface area contributed by atoms with Gasteiger partial charge in [-0.25, -0.2) is 22.0 Å². The lowest BCUT2D eigenvalue weighted by molar-refractivity contribution is -0.138. The van der Waals surface area contributed by atoms with Crippen molar-refractivity contribution in [1.82, 2.24) is 46.6 Å². The first-order chi connectivity index (χ1) is 57.6. The second kappa shape index (κ2) is 51.0. The fourth-order valence-electron chi connectivity index (χ4n) is 16.6. The fraction of sp³-hybridized carbons (Fsp3) is 0.543. The Hall–Kier alpha value is -7.52. The van der Waals surface area contributed by atoms with Crippen molar-refractivity contribution < 1.29 is 69.9 Å². The van der Waals surface area contributed by atoms with Crippen molar-refractivity contribution in [3.63, 3.8) is 0 Å². The summed E-state index contributed by atoms with van der Waals surface area (Å²) >= 11 is 28.1. The maximum absolute atomic E-state index is 13.5. The van der Waals surface area contributed by atoms with Crippen molar-refractivity contribution in [1.29, 1.82) is 0 Å². The highest BCUT2D eigenvalue weighted by Gasteiger charge is 2.42. The molecule has 0 aromatic heterocycles. The number of nitrogens with zero attached hydrogens (tertiary/aromatic N) is 3. The number of Topliss-reactive ketones (excluding diaryl/α,β-unsaturated/α-hetero) is 5. The highest BCUT2D eigenvalue weighted by Crippen LogP contribution is 2.39. The number of ketones is 5. The molecule has 6 fully saturated rings. The molecule has 121 heavy (non-hydrogen) atoms. The van der Waals surface area contributed by atoms with Crippen LogP contribution in [0, 0.1) is 35.0 Å². The molecule has 7 unspecified atom stereocenters. The number of carbonyl (C=O) groups excluding carboxylic acids is 10. The van der Waals surface area contributed by atoms with Crippen molar-refractivity contribution in [3.05, 3.63) is 186 Å². The van der Waals surface area contributed by atoms with Gasteiger partial charge in [-0.15, -0.1) is 6.58 Å². The minimum atomic E-state index is -0.623. The van der Waals surface area contributed by atoms with Crippen molar-refractivity contribution in [2.75, 3.05) is 45.8 Å². The zero-order valence-electron chi connectivity index (χ0n) is 70.4. The van der Waals surface area contributed by atoms with Crippen molar-refractivity contribution in [3.8, 4) is 0 Å². The number of allylic oxidation sites excluding steroid dienone is 1. The molecule has 0 radical (unpaired) electrons. The predicted octanol–water partition coefficient (Wildman–Crippen LogP) is 16.3. The second-order valence-corrected chi connectivity index (χ2v) is 35.1. The maximum atomic E-state index is 13.5. The third kappa shape index (κ3) is 33.5. The highest BCUT2D eigenvalue weighted by atomic mass is 35.5. The lowest BCUT2D eigenvalue weighted by Gasteiger charge is -2.48. The molecule has 4 saturated heterocycles. The molecule has 5 aromatic rings. The maximum Gasteiger partial charge on any atom is 0.287 e. The molecule has 6 N–H and O–H groups in total. The minimum absolute atomic E-state index is 0.000117. The minimum Gasteiger partial charge on any atom is -0.349 e. The van der Waals surface area contributed by atoms with Gasteiger partial charge in [-0.3, -0.25) is 62.6 Å². The molecule has 4 heterocycles. The molecule has 4 aliphatic heterocycles. The van der Waals surface area contributed by atoms with Crippen LogP contribution in [-0.4, -0.2) is 173 Å². The summed E-state index contributed by atoms with van der Waals surface area (Å²) in [7, 11) is 0. The van der Waals surface area contributed by atoms with Crippen molar-refractivity contribution in [2.24, 2.45) is 5.92 Å². The molecule has 2 saturated carbocycles. The van der Waals surface area contributed by atoms with E-state index in [0.29, 0.717) is 83.6 Å². The van der Waals surface area contributed by atoms with E-state index in [4.69, 9.17) is 58.0 Å². The Morgan fingerprint density at radius 1 is 0.479 bits per heavy atom. The Bertz CT molecular complexity index is 4330. The molecule has 7 atom stereocenters. The summed E-state index contributed by atoms with van der Waals surface area (Å²) in [5.74, 6) is -8.35. The van der Waals surface area contributed by atoms with Crippen LogP contribution in [0.15, 0.2) is 104 Å². The van der Waals surface area contributed by atoms with E-state index < -0.39 is 87.5 Å². The third-order valence-corrected chi connectivity index (χ3v) is 25.1. The van der Waals surface area contributed by atoms with E-state index in [0.717, 1.165) is 90.4 Å². The van der Waals surface area contributed by atoms with Gasteiger partial charge in [0.1, 0.15) is 29.1 Å². The standard InChI is InChI=1S/C20H25ClFNO2.C19H26ClFN2O2.2C18H24ClFN2O2.C17H20ClFN2O2/c1-2-3-9-18(15-7-5-4-6-8-15)23-20(25)19(24)13-14-10-11-16(21)17(22)12-14;1-13(2)23-10-4-3-5-15(23)8-9-22-19(25)18(24)12-14-6-7-16(20)17(21)11-14;1-12-4-3-5-13(2)22(12)9-8-21-18(24)17(23)11-14-6-7-15(19)16(20)10-14;1-12-5-3-4-8-22(12)13(2)11-21-18(24)17(23)10-14-6-7-15(19)16(20)9-14;18-13-3-2-11(8-14(13)19)9-15(22)16(23)21-12-4-7-20-17(10-12)5-1-6-17/h2,10-12,15,18H,1,3-9,13H2,(H,23,25);6-7,11,13,15H,3-5,8-10,12H2,1-2H3,(H,22,25);6-7,10,12-13H,3-5,8-9,11H2,1-2H3,(H,21,24);6-7,9,12-13H,3-5,8,10-11H2,1-2H3,(H,21,24);2-3,8,12,20H,1,4-7,9-10H2,(H,21,23). The van der Waals surface area contributed by atoms with Crippen LogP contribution in [0.3, 0.4) is 0 Å². The van der Waals surface area contributed by atoms with Gasteiger partial charge in [0.2, 0.25) is 28.9 Å².